The molecule has 2 aliphatic rings. The molecule has 1 fully saturated rings. The first kappa shape index (κ1) is 16.3. The molecule has 8 heteroatoms. The van der Waals surface area contributed by atoms with Crippen LogP contribution in [0.25, 0.3) is 0 Å². The van der Waals surface area contributed by atoms with E-state index < -0.39 is 6.03 Å². The van der Waals surface area contributed by atoms with Crippen molar-refractivity contribution in [3.8, 4) is 5.75 Å². The number of amides is 4. The van der Waals surface area contributed by atoms with E-state index >= 15 is 0 Å². The fraction of sp³-hybridized carbons (Fsp3) is 0.438. The third-order valence-electron chi connectivity index (χ3n) is 4.41. The number of fused-ring (bicyclic) bond motifs is 1. The van der Waals surface area contributed by atoms with Gasteiger partial charge in [0.2, 0.25) is 5.91 Å². The fourth-order valence-corrected chi connectivity index (χ4v) is 3.05. The summed E-state index contributed by atoms with van der Waals surface area (Å²) in [5.74, 6) is 0.00912. The monoisotopic (exact) mass is 332 g/mol. The molecule has 3 rings (SSSR count). The van der Waals surface area contributed by atoms with E-state index in [0.717, 1.165) is 10.5 Å². The molecule has 1 aromatic rings. The van der Waals surface area contributed by atoms with Gasteiger partial charge in [0.15, 0.2) is 0 Å². The number of ether oxygens (including phenoxy) is 1. The van der Waals surface area contributed by atoms with E-state index in [0.29, 0.717) is 24.4 Å². The Kier molecular flexibility index (Phi) is 4.15. The molecule has 1 aromatic carbocycles. The summed E-state index contributed by atoms with van der Waals surface area (Å²) >= 11 is 0. The van der Waals surface area contributed by atoms with Gasteiger partial charge in [0, 0.05) is 25.3 Å². The van der Waals surface area contributed by atoms with Gasteiger partial charge >= 0.3 is 6.03 Å². The Morgan fingerprint density at radius 2 is 2.12 bits per heavy atom. The van der Waals surface area contributed by atoms with E-state index in [4.69, 9.17) is 10.5 Å². The van der Waals surface area contributed by atoms with Crippen LogP contribution in [0.1, 0.15) is 18.0 Å². The summed E-state index contributed by atoms with van der Waals surface area (Å²) in [6, 6.07) is 4.73. The molecular weight excluding hydrogens is 312 g/mol. The summed E-state index contributed by atoms with van der Waals surface area (Å²) in [6.07, 6.45) is 0.605. The Hall–Kier alpha value is -2.61. The summed E-state index contributed by atoms with van der Waals surface area (Å²) in [5.41, 5.74) is 7.66. The molecule has 4 amide bonds. The number of carbonyl (C=O) groups excluding carboxylic acids is 3. The van der Waals surface area contributed by atoms with Gasteiger partial charge in [-0.05, 0) is 30.2 Å². The molecule has 0 bridgehead atoms. The van der Waals surface area contributed by atoms with Gasteiger partial charge in [0.25, 0.3) is 5.91 Å². The average molecular weight is 332 g/mol. The maximum atomic E-state index is 12.7. The quantitative estimate of drug-likeness (QED) is 0.805. The molecule has 0 radical (unpaired) electrons. The highest BCUT2D eigenvalue weighted by Crippen LogP contribution is 2.35. The number of hydrogen-bond acceptors (Lipinski definition) is 5. The normalized spacial score (nSPS) is 20.5. The highest BCUT2D eigenvalue weighted by atomic mass is 16.5. The Morgan fingerprint density at radius 3 is 2.75 bits per heavy atom. The number of urea groups is 1. The third-order valence-corrected chi connectivity index (χ3v) is 4.41. The van der Waals surface area contributed by atoms with E-state index in [-0.39, 0.29) is 30.9 Å². The number of nitrogens with two attached hydrogens (primary N) is 1. The second-order valence-electron chi connectivity index (χ2n) is 5.98. The van der Waals surface area contributed by atoms with E-state index in [2.05, 4.69) is 0 Å². The first-order valence-electron chi connectivity index (χ1n) is 7.71. The van der Waals surface area contributed by atoms with Gasteiger partial charge < -0.3 is 20.3 Å². The van der Waals surface area contributed by atoms with Crippen molar-refractivity contribution in [2.45, 2.75) is 12.5 Å². The van der Waals surface area contributed by atoms with Crippen molar-refractivity contribution < 1.29 is 19.1 Å². The lowest BCUT2D eigenvalue weighted by Gasteiger charge is -2.33. The Balaban J connectivity index is 1.83. The Morgan fingerprint density at radius 1 is 1.38 bits per heavy atom. The van der Waals surface area contributed by atoms with Gasteiger partial charge in [-0.15, -0.1) is 0 Å². The summed E-state index contributed by atoms with van der Waals surface area (Å²) in [7, 11) is 3.10. The SMILES string of the molecule is COc1ccc2c(c1)C(N)CCN2C(=O)CN1C(=O)CN(C)C1=O. The van der Waals surface area contributed by atoms with Crippen molar-refractivity contribution >= 4 is 23.5 Å². The van der Waals surface area contributed by atoms with Gasteiger partial charge in [0.05, 0.1) is 7.11 Å². The standard InChI is InChI=1S/C16H20N4O4/c1-18-8-14(21)20(16(18)23)9-15(22)19-6-5-12(17)11-7-10(24-2)3-4-13(11)19/h3-4,7,12H,5-6,8-9,17H2,1-2H3. The lowest BCUT2D eigenvalue weighted by atomic mass is 9.96. The molecule has 2 aliphatic heterocycles. The molecule has 1 saturated heterocycles. The van der Waals surface area contributed by atoms with Crippen LogP contribution in [0.15, 0.2) is 18.2 Å². The fourth-order valence-electron chi connectivity index (χ4n) is 3.05. The van der Waals surface area contributed by atoms with Crippen LogP contribution in [0.2, 0.25) is 0 Å². The zero-order chi connectivity index (χ0) is 17.4. The number of benzene rings is 1. The second kappa shape index (κ2) is 6.12. The number of nitrogens with zero attached hydrogens (tertiary/aromatic N) is 3. The van der Waals surface area contributed by atoms with Crippen LogP contribution < -0.4 is 15.4 Å². The smallest absolute Gasteiger partial charge is 0.327 e. The van der Waals surface area contributed by atoms with Gasteiger partial charge in [-0.25, -0.2) is 4.79 Å². The van der Waals surface area contributed by atoms with Crippen molar-refractivity contribution in [1.82, 2.24) is 9.80 Å². The molecule has 128 valence electrons. The molecule has 1 unspecified atom stereocenters. The van der Waals surface area contributed by atoms with Gasteiger partial charge in [-0.1, -0.05) is 0 Å². The van der Waals surface area contributed by atoms with Gasteiger partial charge in [0.1, 0.15) is 18.8 Å². The topological polar surface area (TPSA) is 96.2 Å². The molecule has 2 heterocycles. The number of methoxy groups -OCH3 is 1. The highest BCUT2D eigenvalue weighted by molar-refractivity contribution is 6.07. The van der Waals surface area contributed by atoms with E-state index in [1.807, 2.05) is 6.07 Å². The predicted molar refractivity (Wildman–Crippen MR) is 86.6 cm³/mol. The van der Waals surface area contributed by atoms with Crippen molar-refractivity contribution in [2.24, 2.45) is 5.73 Å². The maximum absolute atomic E-state index is 12.7. The summed E-state index contributed by atoms with van der Waals surface area (Å²) < 4.78 is 5.21. The number of likely N-dealkylation sites (N-methyl/N-ethyl adjacent to an activating group) is 1. The van der Waals surface area contributed by atoms with Gasteiger partial charge in [-0.3, -0.25) is 14.5 Å². The van der Waals surface area contributed by atoms with Crippen LogP contribution in [0.4, 0.5) is 10.5 Å². The number of carbonyl (C=O) groups is 3. The number of imide groups is 1. The van der Waals surface area contributed by atoms with Gasteiger partial charge in [-0.2, -0.15) is 0 Å². The summed E-state index contributed by atoms with van der Waals surface area (Å²) in [5, 5.41) is 0. The third kappa shape index (κ3) is 2.69. The van der Waals surface area contributed by atoms with Crippen LogP contribution in [0, 0.1) is 0 Å². The highest BCUT2D eigenvalue weighted by Gasteiger charge is 2.37. The zero-order valence-electron chi connectivity index (χ0n) is 13.7. The van der Waals surface area contributed by atoms with Crippen molar-refractivity contribution in [1.29, 1.82) is 0 Å². The first-order valence-corrected chi connectivity index (χ1v) is 7.71. The summed E-state index contributed by atoms with van der Waals surface area (Å²) in [6.45, 7) is 0.193. The minimum atomic E-state index is -0.447. The number of rotatable bonds is 3. The maximum Gasteiger partial charge on any atom is 0.327 e. The van der Waals surface area contributed by atoms with Crippen LogP contribution in [0.5, 0.6) is 5.75 Å². The predicted octanol–water partition coefficient (Wildman–Crippen LogP) is 0.326. The summed E-state index contributed by atoms with van der Waals surface area (Å²) in [4.78, 5) is 40.3. The van der Waals surface area contributed by atoms with Crippen molar-refractivity contribution in [3.63, 3.8) is 0 Å². The first-order chi connectivity index (χ1) is 11.4. The van der Waals surface area contributed by atoms with Crippen molar-refractivity contribution in [2.75, 3.05) is 38.7 Å². The molecule has 0 spiro atoms. The largest absolute Gasteiger partial charge is 0.497 e. The van der Waals surface area contributed by atoms with Crippen molar-refractivity contribution in [3.05, 3.63) is 23.8 Å². The molecule has 0 saturated carbocycles. The minimum Gasteiger partial charge on any atom is -0.497 e. The average Bonchev–Trinajstić information content (AvgIpc) is 2.81. The minimum absolute atomic E-state index is 0.00474. The van der Waals surface area contributed by atoms with E-state index in [1.54, 1.807) is 24.1 Å². The Bertz CT molecular complexity index is 705. The lowest BCUT2D eigenvalue weighted by molar-refractivity contribution is -0.129. The Labute approximate surface area is 139 Å². The van der Waals surface area contributed by atoms with Crippen LogP contribution in [-0.4, -0.2) is 61.4 Å². The van der Waals surface area contributed by atoms with E-state index in [9.17, 15) is 14.4 Å². The molecule has 0 aromatic heterocycles. The van der Waals surface area contributed by atoms with Crippen LogP contribution in [-0.2, 0) is 9.59 Å². The molecular formula is C16H20N4O4. The molecule has 0 aliphatic carbocycles. The molecule has 8 nitrogen and oxygen atoms in total. The lowest BCUT2D eigenvalue weighted by Crippen LogP contribution is -2.46. The van der Waals surface area contributed by atoms with Crippen LogP contribution >= 0.6 is 0 Å². The number of anilines is 1. The zero-order valence-corrected chi connectivity index (χ0v) is 13.7. The second-order valence-corrected chi connectivity index (χ2v) is 5.98. The molecule has 1 atom stereocenters. The number of hydrogen-bond donors (Lipinski definition) is 1. The molecule has 24 heavy (non-hydrogen) atoms. The molecule has 2 N–H and O–H groups in total. The van der Waals surface area contributed by atoms with Crippen LogP contribution in [0.3, 0.4) is 0 Å². The van der Waals surface area contributed by atoms with E-state index in [1.165, 1.54) is 11.9 Å².